The molecule has 1 atom stereocenters. The van der Waals surface area contributed by atoms with E-state index in [-0.39, 0.29) is 12.4 Å². The number of piperidine rings is 1. The van der Waals surface area contributed by atoms with Gasteiger partial charge in [0, 0.05) is 18.7 Å². The quantitative estimate of drug-likeness (QED) is 0.762. The van der Waals surface area contributed by atoms with Crippen molar-refractivity contribution in [2.75, 3.05) is 32.5 Å². The molecule has 1 fully saturated rings. The Morgan fingerprint density at radius 1 is 0.964 bits per heavy atom. The topological polar surface area (TPSA) is 12.0 Å². The molecule has 0 saturated carbocycles. The summed E-state index contributed by atoms with van der Waals surface area (Å²) in [5, 5.41) is 3.77. The lowest BCUT2D eigenvalue weighted by molar-refractivity contribution is -0.920. The van der Waals surface area contributed by atoms with Gasteiger partial charge in [-0.15, -0.1) is 0 Å². The first kappa shape index (κ1) is 21.2. The smallest absolute Gasteiger partial charge is 0.0903 e. The molecule has 1 N–H and O–H groups in total. The molecule has 0 bridgehead atoms. The van der Waals surface area contributed by atoms with Crippen molar-refractivity contribution in [3.8, 4) is 0 Å². The number of nitrogens with one attached hydrogen (secondary N) is 1. The van der Waals surface area contributed by atoms with E-state index in [1.54, 1.807) is 0 Å². The minimum atomic E-state index is 0. The van der Waals surface area contributed by atoms with Crippen molar-refractivity contribution in [3.63, 3.8) is 0 Å². The molecule has 4 rings (SSSR count). The molecular weight excluding hydrogens is 364 g/mol. The van der Waals surface area contributed by atoms with Crippen molar-refractivity contribution in [1.29, 1.82) is 0 Å². The lowest BCUT2D eigenvalue weighted by Crippen LogP contribution is -3.00. The zero-order chi connectivity index (χ0) is 18.9. The monoisotopic (exact) mass is 398 g/mol. The number of quaternary nitrogens is 1. The fourth-order valence-corrected chi connectivity index (χ4v) is 5.36. The lowest BCUT2D eigenvalue weighted by atomic mass is 9.91. The van der Waals surface area contributed by atoms with Gasteiger partial charge in [-0.2, -0.15) is 0 Å². The second-order valence-corrected chi connectivity index (χ2v) is 9.26. The Morgan fingerprint density at radius 2 is 1.68 bits per heavy atom. The summed E-state index contributed by atoms with van der Waals surface area (Å²) in [5.41, 5.74) is 7.40. The predicted molar refractivity (Wildman–Crippen MR) is 115 cm³/mol. The summed E-state index contributed by atoms with van der Waals surface area (Å²) in [6.45, 7) is 4.73. The third-order valence-electron chi connectivity index (χ3n) is 7.17. The largest absolute Gasteiger partial charge is 1.00 e. The van der Waals surface area contributed by atoms with Crippen LogP contribution >= 0.6 is 0 Å². The molecule has 1 saturated heterocycles. The number of anilines is 1. The highest BCUT2D eigenvalue weighted by Crippen LogP contribution is 2.37. The van der Waals surface area contributed by atoms with E-state index in [4.69, 9.17) is 0 Å². The molecule has 2 aromatic carbocycles. The second-order valence-electron chi connectivity index (χ2n) is 9.26. The predicted octanol–water partition coefficient (Wildman–Crippen LogP) is 2.31. The molecule has 0 spiro atoms. The first-order chi connectivity index (χ1) is 13.0. The van der Waals surface area contributed by atoms with Crippen LogP contribution in [-0.4, -0.2) is 37.7 Å². The van der Waals surface area contributed by atoms with Gasteiger partial charge in [-0.25, -0.2) is 0 Å². The van der Waals surface area contributed by atoms with Crippen molar-refractivity contribution in [2.24, 2.45) is 0 Å². The normalized spacial score (nSPS) is 21.0. The van der Waals surface area contributed by atoms with E-state index in [2.05, 4.69) is 68.8 Å². The van der Waals surface area contributed by atoms with Crippen LogP contribution in [0.3, 0.4) is 0 Å². The van der Waals surface area contributed by atoms with E-state index in [0.29, 0.717) is 5.92 Å². The van der Waals surface area contributed by atoms with Crippen LogP contribution in [0.15, 0.2) is 42.5 Å². The highest BCUT2D eigenvalue weighted by atomic mass is 35.5. The maximum atomic E-state index is 3.77. The van der Waals surface area contributed by atoms with Gasteiger partial charge in [0.05, 0.1) is 26.7 Å². The van der Waals surface area contributed by atoms with Crippen molar-refractivity contribution < 1.29 is 16.9 Å². The van der Waals surface area contributed by atoms with E-state index >= 15 is 0 Å². The van der Waals surface area contributed by atoms with Gasteiger partial charge in [0.1, 0.15) is 0 Å². The minimum Gasteiger partial charge on any atom is -1.00 e. The Morgan fingerprint density at radius 3 is 2.36 bits per heavy atom. The zero-order valence-electron chi connectivity index (χ0n) is 17.7. The molecule has 0 aromatic heterocycles. The molecule has 1 aliphatic carbocycles. The van der Waals surface area contributed by atoms with Crippen LogP contribution in [0.4, 0.5) is 5.69 Å². The summed E-state index contributed by atoms with van der Waals surface area (Å²) >= 11 is 0. The lowest BCUT2D eigenvalue weighted by Gasteiger charge is -2.41. The molecular formula is C25H35ClN2. The van der Waals surface area contributed by atoms with Crippen LogP contribution in [-0.2, 0) is 12.8 Å². The number of benzene rings is 2. The van der Waals surface area contributed by atoms with Crippen molar-refractivity contribution in [3.05, 3.63) is 64.7 Å². The molecule has 1 heterocycles. The Hall–Kier alpha value is -1.51. The van der Waals surface area contributed by atoms with E-state index < -0.39 is 0 Å². The summed E-state index contributed by atoms with van der Waals surface area (Å²) < 4.78 is 1.20. The number of nitrogens with zero attached hydrogens (tertiary/aromatic N) is 1. The maximum absolute atomic E-state index is 3.77. The van der Waals surface area contributed by atoms with Gasteiger partial charge in [-0.05, 0) is 73.3 Å². The Bertz CT molecular complexity index is 774. The molecule has 0 radical (unpaired) electrons. The molecule has 3 heteroatoms. The number of fused-ring (bicyclic) bond motifs is 1. The van der Waals surface area contributed by atoms with E-state index in [0.717, 1.165) is 12.6 Å². The van der Waals surface area contributed by atoms with Crippen molar-refractivity contribution in [1.82, 2.24) is 0 Å². The van der Waals surface area contributed by atoms with Gasteiger partial charge < -0.3 is 22.2 Å². The van der Waals surface area contributed by atoms with Gasteiger partial charge >= 0.3 is 0 Å². The number of likely N-dealkylation sites (tertiary alicyclic amines) is 1. The molecule has 2 aliphatic rings. The standard InChI is InChI=1S/C25H35N2.ClH/c1-19-24(22-17-20-9-4-5-10-21(20)18-22)12-8-13-25(19)26-15-14-23-11-6-7-16-27(23,2)3;/h4-5,8-10,12-13,22-23,26H,6-7,11,14-18H2,1-3H3;1H/q+1;/p-1/t23-;/m1./s1. The highest BCUT2D eigenvalue weighted by molar-refractivity contribution is 5.56. The molecule has 0 amide bonds. The first-order valence-electron chi connectivity index (χ1n) is 10.8. The molecule has 2 nitrogen and oxygen atoms in total. The SMILES string of the molecule is Cc1c(NCC[C@H]2CCCC[N+]2(C)C)cccc1C1Cc2ccccc2C1.[Cl-]. The maximum Gasteiger partial charge on any atom is 0.0903 e. The molecule has 28 heavy (non-hydrogen) atoms. The summed E-state index contributed by atoms with van der Waals surface area (Å²) in [4.78, 5) is 0. The van der Waals surface area contributed by atoms with Gasteiger partial charge in [0.15, 0.2) is 0 Å². The van der Waals surface area contributed by atoms with Crippen LogP contribution < -0.4 is 17.7 Å². The number of rotatable bonds is 5. The minimum absolute atomic E-state index is 0. The number of hydrogen-bond acceptors (Lipinski definition) is 1. The van der Waals surface area contributed by atoms with Crippen LogP contribution in [0, 0.1) is 6.92 Å². The van der Waals surface area contributed by atoms with Crippen LogP contribution in [0.1, 0.15) is 53.9 Å². The van der Waals surface area contributed by atoms with E-state index in [1.807, 2.05) is 0 Å². The van der Waals surface area contributed by atoms with E-state index in [9.17, 15) is 0 Å². The summed E-state index contributed by atoms with van der Waals surface area (Å²) in [6, 6.07) is 16.6. The average Bonchev–Trinajstić information content (AvgIpc) is 3.08. The summed E-state index contributed by atoms with van der Waals surface area (Å²) in [5.74, 6) is 0.637. The number of hydrogen-bond donors (Lipinski definition) is 1. The molecule has 2 aromatic rings. The van der Waals surface area contributed by atoms with E-state index in [1.165, 1.54) is 77.5 Å². The zero-order valence-corrected chi connectivity index (χ0v) is 18.4. The van der Waals surface area contributed by atoms with Gasteiger partial charge in [-0.3, -0.25) is 0 Å². The average molecular weight is 399 g/mol. The van der Waals surface area contributed by atoms with Crippen molar-refractivity contribution in [2.45, 2.75) is 57.4 Å². The molecule has 0 unspecified atom stereocenters. The van der Waals surface area contributed by atoms with Gasteiger partial charge in [0.25, 0.3) is 0 Å². The third kappa shape index (κ3) is 4.39. The second kappa shape index (κ2) is 8.88. The Balaban J connectivity index is 0.00000225. The molecule has 1 aliphatic heterocycles. The van der Waals surface area contributed by atoms with Crippen LogP contribution in [0.25, 0.3) is 0 Å². The number of halogens is 1. The van der Waals surface area contributed by atoms with Crippen LogP contribution in [0.5, 0.6) is 0 Å². The Labute approximate surface area is 177 Å². The third-order valence-corrected chi connectivity index (χ3v) is 7.17. The fourth-order valence-electron chi connectivity index (χ4n) is 5.36. The summed E-state index contributed by atoms with van der Waals surface area (Å²) in [6.07, 6.45) is 7.83. The Kier molecular flexibility index (Phi) is 6.73. The molecule has 152 valence electrons. The van der Waals surface area contributed by atoms with Gasteiger partial charge in [0.2, 0.25) is 0 Å². The highest BCUT2D eigenvalue weighted by Gasteiger charge is 2.30. The van der Waals surface area contributed by atoms with Gasteiger partial charge in [-0.1, -0.05) is 36.4 Å². The first-order valence-corrected chi connectivity index (χ1v) is 10.8. The fraction of sp³-hybridized carbons (Fsp3) is 0.520. The van der Waals surface area contributed by atoms with Crippen LogP contribution in [0.2, 0.25) is 0 Å². The summed E-state index contributed by atoms with van der Waals surface area (Å²) in [7, 11) is 4.82. The van der Waals surface area contributed by atoms with Crippen molar-refractivity contribution >= 4 is 5.69 Å².